The van der Waals surface area contributed by atoms with Gasteiger partial charge in [0, 0.05) is 19.3 Å². The van der Waals surface area contributed by atoms with Crippen molar-refractivity contribution >= 4 is 11.7 Å². The highest BCUT2D eigenvalue weighted by Gasteiger charge is 2.09. The van der Waals surface area contributed by atoms with Crippen molar-refractivity contribution in [1.82, 2.24) is 4.90 Å². The summed E-state index contributed by atoms with van der Waals surface area (Å²) in [5, 5.41) is 2.88. The summed E-state index contributed by atoms with van der Waals surface area (Å²) >= 11 is 0. The van der Waals surface area contributed by atoms with E-state index in [0.717, 1.165) is 22.7 Å². The van der Waals surface area contributed by atoms with E-state index in [4.69, 9.17) is 4.74 Å². The average molecular weight is 332 g/mol. The molecule has 0 fully saturated rings. The molecule has 3 aromatic rings. The van der Waals surface area contributed by atoms with E-state index >= 15 is 0 Å². The van der Waals surface area contributed by atoms with Crippen molar-refractivity contribution in [2.24, 2.45) is 0 Å². The molecule has 0 radical (unpaired) electrons. The number of hydrogen-bond acceptors (Lipinski definition) is 2. The van der Waals surface area contributed by atoms with Gasteiger partial charge in [-0.2, -0.15) is 0 Å². The molecule has 25 heavy (non-hydrogen) atoms. The first-order chi connectivity index (χ1) is 12.2. The van der Waals surface area contributed by atoms with Crippen molar-refractivity contribution in [2.45, 2.75) is 6.54 Å². The molecule has 0 heterocycles. The average Bonchev–Trinajstić information content (AvgIpc) is 2.65. The van der Waals surface area contributed by atoms with E-state index in [0.29, 0.717) is 6.54 Å². The molecule has 0 aromatic heterocycles. The van der Waals surface area contributed by atoms with E-state index < -0.39 is 0 Å². The molecule has 4 nitrogen and oxygen atoms in total. The molecule has 0 saturated heterocycles. The van der Waals surface area contributed by atoms with E-state index in [1.54, 1.807) is 11.9 Å². The Morgan fingerprint density at radius 3 is 2.04 bits per heavy atom. The second-order valence-corrected chi connectivity index (χ2v) is 5.71. The quantitative estimate of drug-likeness (QED) is 0.702. The zero-order valence-corrected chi connectivity index (χ0v) is 14.1. The van der Waals surface area contributed by atoms with Gasteiger partial charge in [0.15, 0.2) is 0 Å². The molecule has 3 rings (SSSR count). The Morgan fingerprint density at radius 2 is 1.40 bits per heavy atom. The van der Waals surface area contributed by atoms with Crippen LogP contribution in [0.3, 0.4) is 0 Å². The number of carbonyl (C=O) groups excluding carboxylic acids is 1. The van der Waals surface area contributed by atoms with Gasteiger partial charge < -0.3 is 15.0 Å². The van der Waals surface area contributed by atoms with Crippen molar-refractivity contribution in [1.29, 1.82) is 0 Å². The van der Waals surface area contributed by atoms with Crippen molar-refractivity contribution in [3.63, 3.8) is 0 Å². The Morgan fingerprint density at radius 1 is 0.840 bits per heavy atom. The molecule has 0 aliphatic carbocycles. The van der Waals surface area contributed by atoms with Gasteiger partial charge in [-0.3, -0.25) is 0 Å². The largest absolute Gasteiger partial charge is 0.457 e. The van der Waals surface area contributed by atoms with Crippen LogP contribution in [0.15, 0.2) is 84.9 Å². The van der Waals surface area contributed by atoms with Crippen LogP contribution in [0.1, 0.15) is 5.56 Å². The molecule has 4 heteroatoms. The molecular formula is C21H20N2O2. The number of carbonyl (C=O) groups is 1. The van der Waals surface area contributed by atoms with Crippen molar-refractivity contribution < 1.29 is 9.53 Å². The van der Waals surface area contributed by atoms with Gasteiger partial charge >= 0.3 is 6.03 Å². The number of urea groups is 1. The number of hydrogen-bond donors (Lipinski definition) is 1. The van der Waals surface area contributed by atoms with Crippen LogP contribution in [-0.2, 0) is 6.54 Å². The number of ether oxygens (including phenoxy) is 1. The lowest BCUT2D eigenvalue weighted by atomic mass is 10.2. The van der Waals surface area contributed by atoms with Gasteiger partial charge in [0.25, 0.3) is 0 Å². The molecule has 0 unspecified atom stereocenters. The van der Waals surface area contributed by atoms with E-state index in [1.165, 1.54) is 0 Å². The molecule has 2 amide bonds. The number of nitrogens with one attached hydrogen (secondary N) is 1. The standard InChI is InChI=1S/C21H20N2O2/c1-23(16-17-8-4-2-5-9-17)21(24)22-18-12-14-20(15-13-18)25-19-10-6-3-7-11-19/h2-15H,16H2,1H3,(H,22,24). The fraction of sp³-hybridized carbons (Fsp3) is 0.0952. The Balaban J connectivity index is 1.56. The third-order valence-corrected chi connectivity index (χ3v) is 3.69. The summed E-state index contributed by atoms with van der Waals surface area (Å²) in [6.45, 7) is 0.557. The highest BCUT2D eigenvalue weighted by Crippen LogP contribution is 2.22. The number of benzene rings is 3. The summed E-state index contributed by atoms with van der Waals surface area (Å²) in [6, 6.07) is 26.6. The second-order valence-electron chi connectivity index (χ2n) is 5.71. The third kappa shape index (κ3) is 4.85. The summed E-state index contributed by atoms with van der Waals surface area (Å²) < 4.78 is 5.74. The van der Waals surface area contributed by atoms with Gasteiger partial charge in [-0.05, 0) is 42.0 Å². The zero-order chi connectivity index (χ0) is 17.5. The number of amides is 2. The van der Waals surface area contributed by atoms with Crippen LogP contribution >= 0.6 is 0 Å². The first-order valence-electron chi connectivity index (χ1n) is 8.10. The number of para-hydroxylation sites is 1. The SMILES string of the molecule is CN(Cc1ccccc1)C(=O)Nc1ccc(Oc2ccccc2)cc1. The van der Waals surface area contributed by atoms with Crippen LogP contribution in [0, 0.1) is 0 Å². The van der Waals surface area contributed by atoms with Crippen LogP contribution in [0.2, 0.25) is 0 Å². The van der Waals surface area contributed by atoms with Crippen molar-refractivity contribution in [3.05, 3.63) is 90.5 Å². The van der Waals surface area contributed by atoms with Crippen LogP contribution < -0.4 is 10.1 Å². The summed E-state index contributed by atoms with van der Waals surface area (Å²) in [4.78, 5) is 13.9. The maximum Gasteiger partial charge on any atom is 0.321 e. The molecule has 1 N–H and O–H groups in total. The summed E-state index contributed by atoms with van der Waals surface area (Å²) in [5.74, 6) is 1.50. The van der Waals surface area contributed by atoms with Crippen LogP contribution in [0.25, 0.3) is 0 Å². The van der Waals surface area contributed by atoms with E-state index in [9.17, 15) is 4.79 Å². The maximum absolute atomic E-state index is 12.3. The lowest BCUT2D eigenvalue weighted by molar-refractivity contribution is 0.220. The van der Waals surface area contributed by atoms with Crippen LogP contribution in [0.4, 0.5) is 10.5 Å². The van der Waals surface area contributed by atoms with Gasteiger partial charge in [0.1, 0.15) is 11.5 Å². The third-order valence-electron chi connectivity index (χ3n) is 3.69. The van der Waals surface area contributed by atoms with Crippen LogP contribution in [0.5, 0.6) is 11.5 Å². The van der Waals surface area contributed by atoms with Crippen molar-refractivity contribution in [3.8, 4) is 11.5 Å². The van der Waals surface area contributed by atoms with Gasteiger partial charge in [0.2, 0.25) is 0 Å². The number of nitrogens with zero attached hydrogens (tertiary/aromatic N) is 1. The molecule has 0 aliphatic rings. The normalized spacial score (nSPS) is 10.1. The van der Waals surface area contributed by atoms with E-state index in [1.807, 2.05) is 84.9 Å². The Kier molecular flexibility index (Phi) is 5.32. The minimum absolute atomic E-state index is 0.152. The van der Waals surface area contributed by atoms with Crippen LogP contribution in [-0.4, -0.2) is 18.0 Å². The fourth-order valence-electron chi connectivity index (χ4n) is 2.38. The Labute approximate surface area is 147 Å². The van der Waals surface area contributed by atoms with E-state index in [2.05, 4.69) is 5.32 Å². The van der Waals surface area contributed by atoms with Gasteiger partial charge in [0.05, 0.1) is 0 Å². The summed E-state index contributed by atoms with van der Waals surface area (Å²) in [6.07, 6.45) is 0. The molecular weight excluding hydrogens is 312 g/mol. The predicted octanol–water partition coefficient (Wildman–Crippen LogP) is 5.14. The molecule has 3 aromatic carbocycles. The predicted molar refractivity (Wildman–Crippen MR) is 99.9 cm³/mol. The maximum atomic E-state index is 12.3. The first kappa shape index (κ1) is 16.6. The number of rotatable bonds is 5. The molecule has 0 aliphatic heterocycles. The lowest BCUT2D eigenvalue weighted by Gasteiger charge is -2.18. The molecule has 126 valence electrons. The van der Waals surface area contributed by atoms with Gasteiger partial charge in [-0.15, -0.1) is 0 Å². The molecule has 0 spiro atoms. The van der Waals surface area contributed by atoms with Gasteiger partial charge in [-0.1, -0.05) is 48.5 Å². The monoisotopic (exact) mass is 332 g/mol. The Hall–Kier alpha value is -3.27. The highest BCUT2D eigenvalue weighted by atomic mass is 16.5. The smallest absolute Gasteiger partial charge is 0.321 e. The zero-order valence-electron chi connectivity index (χ0n) is 14.1. The first-order valence-corrected chi connectivity index (χ1v) is 8.10. The Bertz CT molecular complexity index is 802. The molecule has 0 saturated carbocycles. The second kappa shape index (κ2) is 8.02. The molecule has 0 atom stereocenters. The van der Waals surface area contributed by atoms with Crippen molar-refractivity contribution in [2.75, 3.05) is 12.4 Å². The lowest BCUT2D eigenvalue weighted by Crippen LogP contribution is -2.30. The van der Waals surface area contributed by atoms with E-state index in [-0.39, 0.29) is 6.03 Å². The highest BCUT2D eigenvalue weighted by molar-refractivity contribution is 5.89. The molecule has 0 bridgehead atoms. The number of anilines is 1. The minimum atomic E-state index is -0.152. The topological polar surface area (TPSA) is 41.6 Å². The summed E-state index contributed by atoms with van der Waals surface area (Å²) in [7, 11) is 1.77. The fourth-order valence-corrected chi connectivity index (χ4v) is 2.38. The van der Waals surface area contributed by atoms with Gasteiger partial charge in [-0.25, -0.2) is 4.79 Å². The summed E-state index contributed by atoms with van der Waals surface area (Å²) in [5.41, 5.74) is 1.82. The minimum Gasteiger partial charge on any atom is -0.457 e.